The predicted molar refractivity (Wildman–Crippen MR) is 70.7 cm³/mol. The van der Waals surface area contributed by atoms with E-state index in [9.17, 15) is 4.39 Å². The molecule has 0 amide bonds. The molecule has 0 saturated heterocycles. The van der Waals surface area contributed by atoms with Crippen molar-refractivity contribution in [1.29, 1.82) is 0 Å². The quantitative estimate of drug-likeness (QED) is 0.831. The molecule has 2 rings (SSSR count). The van der Waals surface area contributed by atoms with Gasteiger partial charge in [-0.2, -0.15) is 0 Å². The van der Waals surface area contributed by atoms with Crippen LogP contribution in [-0.2, 0) is 0 Å². The van der Waals surface area contributed by atoms with E-state index < -0.39 is 11.8 Å². The van der Waals surface area contributed by atoms with Crippen LogP contribution in [0.2, 0.25) is 0 Å². The van der Waals surface area contributed by atoms with Gasteiger partial charge in [-0.15, -0.1) is 0 Å². The summed E-state index contributed by atoms with van der Waals surface area (Å²) in [6.07, 6.45) is 0.580. The molecule has 1 aliphatic heterocycles. The van der Waals surface area contributed by atoms with Gasteiger partial charge in [-0.05, 0) is 28.4 Å². The number of nitrogens with one attached hydrogen (secondary N) is 1. The van der Waals surface area contributed by atoms with Gasteiger partial charge in [-0.3, -0.25) is 0 Å². The highest BCUT2D eigenvalue weighted by Crippen LogP contribution is 2.47. The second-order valence-electron chi connectivity index (χ2n) is 4.63. The first-order chi connectivity index (χ1) is 8.62. The van der Waals surface area contributed by atoms with E-state index in [-0.39, 0.29) is 0 Å². The Hall–Kier alpha value is -0.650. The lowest BCUT2D eigenvalue weighted by Gasteiger charge is -2.40. The number of benzene rings is 1. The number of hydrogen-bond donors (Lipinski definition) is 2. The maximum Gasteiger partial charge on any atom is 0.140 e. The molecule has 5 heteroatoms. The maximum atomic E-state index is 14.3. The minimum atomic E-state index is -1.02. The third-order valence-corrected chi connectivity index (χ3v) is 4.17. The first-order valence-corrected chi connectivity index (χ1v) is 6.89. The number of rotatable bonds is 4. The van der Waals surface area contributed by atoms with Crippen LogP contribution in [0.4, 0.5) is 4.39 Å². The highest BCUT2D eigenvalue weighted by molar-refractivity contribution is 9.10. The predicted octanol–water partition coefficient (Wildman–Crippen LogP) is 3.76. The van der Waals surface area contributed by atoms with Crippen LogP contribution >= 0.6 is 15.9 Å². The summed E-state index contributed by atoms with van der Waals surface area (Å²) in [5.41, 5.74) is 2.17. The number of ether oxygens (including phenoxy) is 1. The van der Waals surface area contributed by atoms with Crippen LogP contribution < -0.4 is 10.2 Å². The minimum Gasteiger partial charge on any atom is -0.486 e. The highest BCUT2D eigenvalue weighted by atomic mass is 79.9. The molecule has 100 valence electrons. The third kappa shape index (κ3) is 2.53. The fourth-order valence-electron chi connectivity index (χ4n) is 2.40. The van der Waals surface area contributed by atoms with E-state index in [1.807, 2.05) is 19.1 Å². The Morgan fingerprint density at radius 2 is 2.39 bits per heavy atom. The summed E-state index contributed by atoms with van der Waals surface area (Å²) in [4.78, 5) is 0. The summed E-state index contributed by atoms with van der Waals surface area (Å²) in [6.45, 7) is 2.37. The molecule has 0 fully saturated rings. The van der Waals surface area contributed by atoms with Crippen molar-refractivity contribution < 1.29 is 14.3 Å². The van der Waals surface area contributed by atoms with Crippen molar-refractivity contribution in [2.45, 2.75) is 38.0 Å². The zero-order chi connectivity index (χ0) is 13.2. The summed E-state index contributed by atoms with van der Waals surface area (Å²) in [7, 11) is 0. The minimum absolute atomic E-state index is 0.328. The number of halogens is 2. The molecule has 2 atom stereocenters. The van der Waals surface area contributed by atoms with E-state index in [0.29, 0.717) is 37.1 Å². The largest absolute Gasteiger partial charge is 0.486 e. The smallest absolute Gasteiger partial charge is 0.140 e. The molecule has 1 aromatic carbocycles. The normalized spacial score (nSPS) is 26.6. The molecule has 0 spiro atoms. The van der Waals surface area contributed by atoms with Crippen molar-refractivity contribution >= 4 is 15.9 Å². The molecular formula is C13H17BrFNO2. The lowest BCUT2D eigenvalue weighted by molar-refractivity contribution is -0.00648. The summed E-state index contributed by atoms with van der Waals surface area (Å²) in [5.74, 6) is 0.594. The second-order valence-corrected chi connectivity index (χ2v) is 5.48. The molecule has 3 nitrogen and oxygen atoms in total. The SMILES string of the molecule is CCC1(CCNO)CC(F)c2cccc(Br)c2O1. The lowest BCUT2D eigenvalue weighted by atomic mass is 9.85. The number of hydrogen-bond acceptors (Lipinski definition) is 3. The number of para-hydroxylation sites is 1. The third-order valence-electron chi connectivity index (χ3n) is 3.54. The van der Waals surface area contributed by atoms with Crippen molar-refractivity contribution in [2.75, 3.05) is 6.54 Å². The molecular weight excluding hydrogens is 301 g/mol. The Bertz CT molecular complexity index is 429. The van der Waals surface area contributed by atoms with Gasteiger partial charge >= 0.3 is 0 Å². The number of fused-ring (bicyclic) bond motifs is 1. The Balaban J connectivity index is 2.32. The van der Waals surface area contributed by atoms with E-state index in [4.69, 9.17) is 9.94 Å². The van der Waals surface area contributed by atoms with Gasteiger partial charge in [-0.25, -0.2) is 9.87 Å². The van der Waals surface area contributed by atoms with Gasteiger partial charge < -0.3 is 9.94 Å². The van der Waals surface area contributed by atoms with Crippen molar-refractivity contribution in [3.63, 3.8) is 0 Å². The van der Waals surface area contributed by atoms with Gasteiger partial charge in [-0.1, -0.05) is 19.1 Å². The van der Waals surface area contributed by atoms with Crippen molar-refractivity contribution in [3.8, 4) is 5.75 Å². The topological polar surface area (TPSA) is 41.5 Å². The van der Waals surface area contributed by atoms with E-state index in [0.717, 1.165) is 4.47 Å². The molecule has 1 aliphatic rings. The van der Waals surface area contributed by atoms with E-state index in [1.165, 1.54) is 0 Å². The standard InChI is InChI=1S/C13H17BrFNO2/c1-2-13(6-7-16-17)8-11(15)9-4-3-5-10(14)12(9)18-13/h3-5,11,16-17H,2,6-8H2,1H3. The Morgan fingerprint density at radius 3 is 3.06 bits per heavy atom. The Kier molecular flexibility index (Phi) is 4.25. The summed E-state index contributed by atoms with van der Waals surface area (Å²) in [6, 6.07) is 5.42. The van der Waals surface area contributed by atoms with E-state index in [2.05, 4.69) is 21.4 Å². The Morgan fingerprint density at radius 1 is 1.61 bits per heavy atom. The number of alkyl halides is 1. The van der Waals surface area contributed by atoms with E-state index >= 15 is 0 Å². The summed E-state index contributed by atoms with van der Waals surface area (Å²) < 4.78 is 21.1. The maximum absolute atomic E-state index is 14.3. The molecule has 2 unspecified atom stereocenters. The van der Waals surface area contributed by atoms with E-state index in [1.54, 1.807) is 6.07 Å². The van der Waals surface area contributed by atoms with Crippen LogP contribution in [0.3, 0.4) is 0 Å². The molecule has 1 aromatic rings. The molecule has 0 aliphatic carbocycles. The first kappa shape index (κ1) is 13.8. The van der Waals surface area contributed by atoms with Crippen LogP contribution in [0.5, 0.6) is 5.75 Å². The van der Waals surface area contributed by atoms with Crippen LogP contribution in [0.15, 0.2) is 22.7 Å². The molecule has 0 saturated carbocycles. The van der Waals surface area contributed by atoms with Crippen LogP contribution in [0, 0.1) is 0 Å². The molecule has 0 bridgehead atoms. The average molecular weight is 318 g/mol. The lowest BCUT2D eigenvalue weighted by Crippen LogP contribution is -2.42. The van der Waals surface area contributed by atoms with Gasteiger partial charge in [0.1, 0.15) is 17.5 Å². The molecule has 18 heavy (non-hydrogen) atoms. The molecule has 1 heterocycles. The van der Waals surface area contributed by atoms with Gasteiger partial charge in [0, 0.05) is 24.9 Å². The van der Waals surface area contributed by atoms with Gasteiger partial charge in [0.05, 0.1) is 4.47 Å². The molecule has 2 N–H and O–H groups in total. The highest BCUT2D eigenvalue weighted by Gasteiger charge is 2.40. The van der Waals surface area contributed by atoms with Gasteiger partial charge in [0.15, 0.2) is 0 Å². The molecule has 0 aromatic heterocycles. The van der Waals surface area contributed by atoms with Crippen molar-refractivity contribution in [3.05, 3.63) is 28.2 Å². The van der Waals surface area contributed by atoms with Crippen LogP contribution in [-0.4, -0.2) is 17.4 Å². The first-order valence-electron chi connectivity index (χ1n) is 6.10. The fraction of sp³-hybridized carbons (Fsp3) is 0.538. The second kappa shape index (κ2) is 5.55. The Labute approximate surface area is 114 Å². The van der Waals surface area contributed by atoms with Gasteiger partial charge in [0.2, 0.25) is 0 Å². The molecule has 0 radical (unpaired) electrons. The fourth-order valence-corrected chi connectivity index (χ4v) is 2.87. The summed E-state index contributed by atoms with van der Waals surface area (Å²) >= 11 is 3.40. The van der Waals surface area contributed by atoms with Crippen molar-refractivity contribution in [1.82, 2.24) is 5.48 Å². The number of hydroxylamine groups is 1. The zero-order valence-electron chi connectivity index (χ0n) is 10.2. The van der Waals surface area contributed by atoms with Gasteiger partial charge in [0.25, 0.3) is 0 Å². The summed E-state index contributed by atoms with van der Waals surface area (Å²) in [5, 5.41) is 8.71. The van der Waals surface area contributed by atoms with Crippen LogP contribution in [0.25, 0.3) is 0 Å². The zero-order valence-corrected chi connectivity index (χ0v) is 11.8. The average Bonchev–Trinajstić information content (AvgIpc) is 2.38. The van der Waals surface area contributed by atoms with Crippen LogP contribution in [0.1, 0.15) is 37.9 Å². The monoisotopic (exact) mass is 317 g/mol. The van der Waals surface area contributed by atoms with Crippen molar-refractivity contribution in [2.24, 2.45) is 0 Å².